The van der Waals surface area contributed by atoms with Gasteiger partial charge < -0.3 is 15.2 Å². The quantitative estimate of drug-likeness (QED) is 0.818. The van der Waals surface area contributed by atoms with Crippen molar-refractivity contribution in [2.75, 3.05) is 20.3 Å². The van der Waals surface area contributed by atoms with Crippen molar-refractivity contribution in [2.45, 2.75) is 26.7 Å². The molecule has 0 bridgehead atoms. The lowest BCUT2D eigenvalue weighted by atomic mass is 9.75. The van der Waals surface area contributed by atoms with Gasteiger partial charge in [0.2, 0.25) is 0 Å². The van der Waals surface area contributed by atoms with Crippen LogP contribution in [-0.4, -0.2) is 41.6 Å². The molecule has 148 valence electrons. The largest absolute Gasteiger partial charge is 0.497 e. The third-order valence-corrected chi connectivity index (χ3v) is 4.86. The highest BCUT2D eigenvalue weighted by Gasteiger charge is 2.35. The summed E-state index contributed by atoms with van der Waals surface area (Å²) in [5.41, 5.74) is 0.662. The maximum absolute atomic E-state index is 13.2. The number of nitrogens with one attached hydrogen (secondary N) is 1. The van der Waals surface area contributed by atoms with Crippen LogP contribution in [-0.2, 0) is 6.42 Å². The number of aliphatic hydroxyl groups excluding tert-OH is 1. The van der Waals surface area contributed by atoms with Gasteiger partial charge in [-0.1, -0.05) is 13.8 Å². The Balaban J connectivity index is 2.25. The first-order valence-corrected chi connectivity index (χ1v) is 9.13. The lowest BCUT2D eigenvalue weighted by molar-refractivity contribution is 0.0908. The highest BCUT2D eigenvalue weighted by atomic mass is 16.5. The number of fused-ring (bicyclic) bond motifs is 1. The van der Waals surface area contributed by atoms with Crippen LogP contribution in [0.15, 0.2) is 35.1 Å². The molecule has 0 spiro atoms. The van der Waals surface area contributed by atoms with E-state index < -0.39 is 11.5 Å². The summed E-state index contributed by atoms with van der Waals surface area (Å²) < 4.78 is 6.62. The molecule has 1 aliphatic carbocycles. The minimum Gasteiger partial charge on any atom is -0.497 e. The van der Waals surface area contributed by atoms with E-state index in [4.69, 9.17) is 9.84 Å². The zero-order chi connectivity index (χ0) is 20.5. The van der Waals surface area contributed by atoms with Crippen molar-refractivity contribution in [3.05, 3.63) is 57.5 Å². The van der Waals surface area contributed by atoms with Crippen LogP contribution in [0.3, 0.4) is 0 Å². The summed E-state index contributed by atoms with van der Waals surface area (Å²) in [5.74, 6) is -0.0645. The highest BCUT2D eigenvalue weighted by Crippen LogP contribution is 2.35. The van der Waals surface area contributed by atoms with Gasteiger partial charge in [0, 0.05) is 29.9 Å². The molecule has 0 aliphatic heterocycles. The van der Waals surface area contributed by atoms with Gasteiger partial charge in [-0.15, -0.1) is 0 Å². The molecule has 28 heavy (non-hydrogen) atoms. The first-order chi connectivity index (χ1) is 13.3. The standard InChI is InChI=1S/C21H24N2O5/c1-21(2)11-17-15(18(25)12-21)10-16(19(26)22-8-9-24)20(27)23(17)13-4-6-14(28-3)7-5-13/h4-7,10,24H,8-9,11-12H2,1-3H3,(H,22,26). The SMILES string of the molecule is COc1ccc(-n2c3c(cc(C(=O)NCCO)c2=O)C(=O)CC(C)(C)C3)cc1. The Morgan fingerprint density at radius 3 is 2.50 bits per heavy atom. The number of aromatic nitrogens is 1. The Hall–Kier alpha value is -2.93. The maximum Gasteiger partial charge on any atom is 0.268 e. The summed E-state index contributed by atoms with van der Waals surface area (Å²) in [6, 6.07) is 8.29. The van der Waals surface area contributed by atoms with Gasteiger partial charge in [0.05, 0.1) is 13.7 Å². The number of pyridine rings is 1. The lowest BCUT2D eigenvalue weighted by Crippen LogP contribution is -2.39. The number of ketones is 1. The summed E-state index contributed by atoms with van der Waals surface area (Å²) in [6.07, 6.45) is 0.881. The van der Waals surface area contributed by atoms with Crippen LogP contribution in [0.2, 0.25) is 0 Å². The van der Waals surface area contributed by atoms with Gasteiger partial charge in [-0.2, -0.15) is 0 Å². The van der Waals surface area contributed by atoms with Crippen molar-refractivity contribution in [3.8, 4) is 11.4 Å². The van der Waals surface area contributed by atoms with E-state index in [1.165, 1.54) is 10.6 Å². The highest BCUT2D eigenvalue weighted by molar-refractivity contribution is 6.02. The van der Waals surface area contributed by atoms with Crippen molar-refractivity contribution >= 4 is 11.7 Å². The molecule has 0 atom stereocenters. The lowest BCUT2D eigenvalue weighted by Gasteiger charge is -2.32. The van der Waals surface area contributed by atoms with E-state index in [1.54, 1.807) is 31.4 Å². The minimum absolute atomic E-state index is 0.0267. The number of aliphatic hydroxyl groups is 1. The topological polar surface area (TPSA) is 97.6 Å². The Bertz CT molecular complexity index is 974. The van der Waals surface area contributed by atoms with Gasteiger partial charge in [0.1, 0.15) is 11.3 Å². The number of amides is 1. The third-order valence-electron chi connectivity index (χ3n) is 4.86. The zero-order valence-corrected chi connectivity index (χ0v) is 16.2. The van der Waals surface area contributed by atoms with Crippen molar-refractivity contribution in [1.82, 2.24) is 9.88 Å². The van der Waals surface area contributed by atoms with Crippen LogP contribution < -0.4 is 15.6 Å². The fraction of sp³-hybridized carbons (Fsp3) is 0.381. The normalized spacial score (nSPS) is 15.1. The number of rotatable bonds is 5. The van der Waals surface area contributed by atoms with Gasteiger partial charge in [0.25, 0.3) is 11.5 Å². The number of ether oxygens (including phenoxy) is 1. The Labute approximate surface area is 163 Å². The molecule has 2 aromatic rings. The van der Waals surface area contributed by atoms with Crippen LogP contribution in [0.5, 0.6) is 5.75 Å². The van der Waals surface area contributed by atoms with Crippen molar-refractivity contribution < 1.29 is 19.4 Å². The maximum atomic E-state index is 13.2. The molecule has 7 heteroatoms. The predicted octanol–water partition coefficient (Wildman–Crippen LogP) is 1.72. The average Bonchev–Trinajstić information content (AvgIpc) is 2.65. The van der Waals surface area contributed by atoms with E-state index in [0.29, 0.717) is 35.5 Å². The van der Waals surface area contributed by atoms with Gasteiger partial charge >= 0.3 is 0 Å². The fourth-order valence-electron chi connectivity index (χ4n) is 3.55. The molecule has 0 saturated heterocycles. The summed E-state index contributed by atoms with van der Waals surface area (Å²) in [5, 5.41) is 11.4. The Morgan fingerprint density at radius 2 is 1.89 bits per heavy atom. The summed E-state index contributed by atoms with van der Waals surface area (Å²) in [6.45, 7) is 3.76. The first-order valence-electron chi connectivity index (χ1n) is 9.13. The Morgan fingerprint density at radius 1 is 1.21 bits per heavy atom. The molecular weight excluding hydrogens is 360 g/mol. The first kappa shape index (κ1) is 19.8. The van der Waals surface area contributed by atoms with Crippen LogP contribution in [0.1, 0.15) is 46.7 Å². The summed E-state index contributed by atoms with van der Waals surface area (Å²) in [4.78, 5) is 38.5. The fourth-order valence-corrected chi connectivity index (χ4v) is 3.55. The molecule has 1 aromatic heterocycles. The van der Waals surface area contributed by atoms with E-state index in [9.17, 15) is 14.4 Å². The number of carbonyl (C=O) groups is 2. The van der Waals surface area contributed by atoms with Gasteiger partial charge in [-0.3, -0.25) is 19.0 Å². The molecule has 0 fully saturated rings. The molecule has 3 rings (SSSR count). The number of nitrogens with zero attached hydrogens (tertiary/aromatic N) is 1. The second-order valence-electron chi connectivity index (χ2n) is 7.68. The molecule has 1 amide bonds. The van der Waals surface area contributed by atoms with Gasteiger partial charge in [-0.05, 0) is 42.2 Å². The molecule has 0 unspecified atom stereocenters. The Kier molecular flexibility index (Phi) is 5.38. The van der Waals surface area contributed by atoms with Gasteiger partial charge in [-0.25, -0.2) is 0 Å². The molecule has 7 nitrogen and oxygen atoms in total. The molecule has 1 heterocycles. The van der Waals surface area contributed by atoms with Crippen molar-refractivity contribution in [3.63, 3.8) is 0 Å². The summed E-state index contributed by atoms with van der Waals surface area (Å²) in [7, 11) is 1.55. The molecule has 1 aliphatic rings. The monoisotopic (exact) mass is 384 g/mol. The second-order valence-corrected chi connectivity index (χ2v) is 7.68. The second kappa shape index (κ2) is 7.59. The van der Waals surface area contributed by atoms with Crippen LogP contribution in [0, 0.1) is 5.41 Å². The van der Waals surface area contributed by atoms with Crippen molar-refractivity contribution in [1.29, 1.82) is 0 Å². The van der Waals surface area contributed by atoms with E-state index in [-0.39, 0.29) is 29.9 Å². The van der Waals surface area contributed by atoms with E-state index in [1.807, 2.05) is 13.8 Å². The molecule has 0 radical (unpaired) electrons. The van der Waals surface area contributed by atoms with E-state index >= 15 is 0 Å². The number of carbonyl (C=O) groups excluding carboxylic acids is 2. The minimum atomic E-state index is -0.609. The molecular formula is C21H24N2O5. The number of Topliss-reactive ketones (excluding diaryl/α,β-unsaturated/α-hetero) is 1. The van der Waals surface area contributed by atoms with Gasteiger partial charge in [0.15, 0.2) is 5.78 Å². The smallest absolute Gasteiger partial charge is 0.268 e. The zero-order valence-electron chi connectivity index (χ0n) is 16.2. The average molecular weight is 384 g/mol. The van der Waals surface area contributed by atoms with Crippen LogP contribution in [0.25, 0.3) is 5.69 Å². The number of hydrogen-bond donors (Lipinski definition) is 2. The van der Waals surface area contributed by atoms with E-state index in [2.05, 4.69) is 5.32 Å². The van der Waals surface area contributed by atoms with E-state index in [0.717, 1.165) is 0 Å². The number of methoxy groups -OCH3 is 1. The molecule has 1 aromatic carbocycles. The number of hydrogen-bond acceptors (Lipinski definition) is 5. The van der Waals surface area contributed by atoms with Crippen LogP contribution in [0.4, 0.5) is 0 Å². The molecule has 0 saturated carbocycles. The van der Waals surface area contributed by atoms with Crippen molar-refractivity contribution in [2.24, 2.45) is 5.41 Å². The predicted molar refractivity (Wildman–Crippen MR) is 104 cm³/mol. The number of benzene rings is 1. The third kappa shape index (κ3) is 3.71. The summed E-state index contributed by atoms with van der Waals surface area (Å²) >= 11 is 0. The molecule has 2 N–H and O–H groups in total. The van der Waals surface area contributed by atoms with Crippen LogP contribution >= 0.6 is 0 Å².